The highest BCUT2D eigenvalue weighted by Crippen LogP contribution is 2.44. The molecule has 1 heterocycles. The van der Waals surface area contributed by atoms with Crippen LogP contribution >= 0.6 is 0 Å². The van der Waals surface area contributed by atoms with Crippen LogP contribution in [0.3, 0.4) is 0 Å². The molecule has 4 nitrogen and oxygen atoms in total. The SMILES string of the molecule is CN[C@@]1(c2ccccc2F)CO[C@H](COC(c2ccccc2)(c2ccccc2)c2ccccc2)[C@H]1CO. The molecule has 190 valence electrons. The summed E-state index contributed by atoms with van der Waals surface area (Å²) in [4.78, 5) is 0. The first kappa shape index (κ1) is 25.3. The Morgan fingerprint density at radius 3 is 1.78 bits per heavy atom. The van der Waals surface area contributed by atoms with Gasteiger partial charge >= 0.3 is 0 Å². The molecule has 5 heteroatoms. The van der Waals surface area contributed by atoms with E-state index in [0.29, 0.717) is 5.56 Å². The standard InChI is InChI=1S/C32H32FNO3/c1-34-31(27-19-11-12-20-29(27)33)23-36-30(28(31)21-35)22-37-32(24-13-5-2-6-14-24,25-15-7-3-8-16-25)26-17-9-4-10-18-26/h2-20,28,30,34-35H,21-23H2,1H3/t28-,30-,31-/m1/s1. The summed E-state index contributed by atoms with van der Waals surface area (Å²) < 4.78 is 28.2. The zero-order chi connectivity index (χ0) is 25.7. The maximum atomic E-state index is 14.9. The first-order chi connectivity index (χ1) is 18.2. The number of likely N-dealkylation sites (N-methyl/N-ethyl adjacent to an activating group) is 1. The Hall–Kier alpha value is -3.35. The van der Waals surface area contributed by atoms with Gasteiger partial charge in [0.1, 0.15) is 11.4 Å². The maximum Gasteiger partial charge on any atom is 0.143 e. The van der Waals surface area contributed by atoms with Gasteiger partial charge in [0.05, 0.1) is 31.5 Å². The van der Waals surface area contributed by atoms with Gasteiger partial charge in [0.15, 0.2) is 0 Å². The average Bonchev–Trinajstić information content (AvgIpc) is 3.34. The Balaban J connectivity index is 1.56. The quantitative estimate of drug-likeness (QED) is 0.310. The van der Waals surface area contributed by atoms with Crippen LogP contribution in [0.4, 0.5) is 4.39 Å². The van der Waals surface area contributed by atoms with Gasteiger partial charge in [-0.15, -0.1) is 0 Å². The predicted octanol–water partition coefficient (Wildman–Crippen LogP) is 5.26. The molecule has 0 spiro atoms. The van der Waals surface area contributed by atoms with E-state index in [4.69, 9.17) is 9.47 Å². The molecule has 1 fully saturated rings. The Bertz CT molecular complexity index is 1190. The second kappa shape index (κ2) is 11.0. The minimum Gasteiger partial charge on any atom is -0.396 e. The van der Waals surface area contributed by atoms with Crippen LogP contribution in [0.1, 0.15) is 22.3 Å². The van der Waals surface area contributed by atoms with E-state index in [0.717, 1.165) is 16.7 Å². The number of hydrogen-bond donors (Lipinski definition) is 2. The van der Waals surface area contributed by atoms with Crippen molar-refractivity contribution in [3.63, 3.8) is 0 Å². The Morgan fingerprint density at radius 1 is 0.838 bits per heavy atom. The first-order valence-corrected chi connectivity index (χ1v) is 12.6. The fourth-order valence-corrected chi connectivity index (χ4v) is 5.69. The van der Waals surface area contributed by atoms with E-state index in [9.17, 15) is 9.50 Å². The zero-order valence-corrected chi connectivity index (χ0v) is 20.9. The van der Waals surface area contributed by atoms with Gasteiger partial charge in [-0.3, -0.25) is 0 Å². The smallest absolute Gasteiger partial charge is 0.143 e. The normalized spacial score (nSPS) is 21.7. The third kappa shape index (κ3) is 4.49. The van der Waals surface area contributed by atoms with Crippen LogP contribution in [0.25, 0.3) is 0 Å². The fraction of sp³-hybridized carbons (Fsp3) is 0.250. The fourth-order valence-electron chi connectivity index (χ4n) is 5.69. The molecule has 2 N–H and O–H groups in total. The molecule has 0 aliphatic carbocycles. The van der Waals surface area contributed by atoms with E-state index in [1.807, 2.05) is 54.6 Å². The molecule has 4 aromatic carbocycles. The third-order valence-corrected chi connectivity index (χ3v) is 7.61. The van der Waals surface area contributed by atoms with E-state index >= 15 is 0 Å². The number of benzene rings is 4. The molecule has 0 bridgehead atoms. The van der Waals surface area contributed by atoms with Crippen LogP contribution in [0.2, 0.25) is 0 Å². The molecular formula is C32H32FNO3. The average molecular weight is 498 g/mol. The van der Waals surface area contributed by atoms with Crippen LogP contribution in [-0.2, 0) is 20.6 Å². The Morgan fingerprint density at radius 2 is 1.32 bits per heavy atom. The van der Waals surface area contributed by atoms with E-state index in [1.165, 1.54) is 6.07 Å². The van der Waals surface area contributed by atoms with Gasteiger partial charge in [-0.1, -0.05) is 109 Å². The molecule has 3 atom stereocenters. The molecule has 37 heavy (non-hydrogen) atoms. The van der Waals surface area contributed by atoms with Crippen molar-refractivity contribution in [1.29, 1.82) is 0 Å². The Labute approximate surface area is 217 Å². The van der Waals surface area contributed by atoms with Gasteiger partial charge in [0, 0.05) is 11.5 Å². The summed E-state index contributed by atoms with van der Waals surface area (Å²) >= 11 is 0. The summed E-state index contributed by atoms with van der Waals surface area (Å²) in [6, 6.07) is 37.1. The largest absolute Gasteiger partial charge is 0.396 e. The summed E-state index contributed by atoms with van der Waals surface area (Å²) in [5, 5.41) is 13.8. The van der Waals surface area contributed by atoms with Crippen molar-refractivity contribution in [2.24, 2.45) is 5.92 Å². The Kier molecular flexibility index (Phi) is 7.49. The van der Waals surface area contributed by atoms with E-state index in [-0.39, 0.29) is 25.6 Å². The summed E-state index contributed by atoms with van der Waals surface area (Å²) in [5.41, 5.74) is 1.67. The van der Waals surface area contributed by atoms with E-state index < -0.39 is 23.2 Å². The number of nitrogens with one attached hydrogen (secondary N) is 1. The lowest BCUT2D eigenvalue weighted by atomic mass is 9.77. The van der Waals surface area contributed by atoms with Crippen molar-refractivity contribution >= 4 is 0 Å². The van der Waals surface area contributed by atoms with E-state index in [2.05, 4.69) is 41.7 Å². The lowest BCUT2D eigenvalue weighted by molar-refractivity contribution is -0.0604. The van der Waals surface area contributed by atoms with Crippen molar-refractivity contribution in [2.75, 3.05) is 26.9 Å². The van der Waals surface area contributed by atoms with Gasteiger partial charge in [-0.05, 0) is 29.8 Å². The zero-order valence-electron chi connectivity index (χ0n) is 20.9. The highest BCUT2D eigenvalue weighted by molar-refractivity contribution is 5.47. The molecule has 1 saturated heterocycles. The van der Waals surface area contributed by atoms with Crippen LogP contribution in [-0.4, -0.2) is 38.1 Å². The molecule has 0 amide bonds. The predicted molar refractivity (Wildman–Crippen MR) is 143 cm³/mol. The number of aliphatic hydroxyl groups is 1. The molecule has 0 unspecified atom stereocenters. The van der Waals surface area contributed by atoms with Gasteiger partial charge < -0.3 is 19.9 Å². The number of aliphatic hydroxyl groups excluding tert-OH is 1. The van der Waals surface area contributed by atoms with Gasteiger partial charge in [0.25, 0.3) is 0 Å². The number of ether oxygens (including phenoxy) is 2. The third-order valence-electron chi connectivity index (χ3n) is 7.61. The lowest BCUT2D eigenvalue weighted by Crippen LogP contribution is -2.50. The summed E-state index contributed by atoms with van der Waals surface area (Å²) in [5.74, 6) is -0.748. The van der Waals surface area contributed by atoms with Crippen molar-refractivity contribution in [3.8, 4) is 0 Å². The molecular weight excluding hydrogens is 465 g/mol. The highest BCUT2D eigenvalue weighted by atomic mass is 19.1. The van der Waals surface area contributed by atoms with Crippen molar-refractivity contribution in [1.82, 2.24) is 5.32 Å². The number of hydrogen-bond acceptors (Lipinski definition) is 4. The van der Waals surface area contributed by atoms with Gasteiger partial charge in [-0.25, -0.2) is 4.39 Å². The minimum absolute atomic E-state index is 0.182. The van der Waals surface area contributed by atoms with E-state index in [1.54, 1.807) is 25.2 Å². The maximum absolute atomic E-state index is 14.9. The molecule has 0 saturated carbocycles. The van der Waals surface area contributed by atoms with Gasteiger partial charge in [-0.2, -0.15) is 0 Å². The molecule has 1 aliphatic heterocycles. The van der Waals surface area contributed by atoms with Crippen molar-refractivity contribution < 1.29 is 19.0 Å². The molecule has 1 aliphatic rings. The number of halogens is 1. The summed E-state index contributed by atoms with van der Waals surface area (Å²) in [6.07, 6.45) is -0.465. The van der Waals surface area contributed by atoms with Crippen LogP contribution < -0.4 is 5.32 Å². The second-order valence-corrected chi connectivity index (χ2v) is 9.43. The van der Waals surface area contributed by atoms with Crippen LogP contribution in [0.15, 0.2) is 115 Å². The summed E-state index contributed by atoms with van der Waals surface area (Å²) in [6.45, 7) is 0.235. The lowest BCUT2D eigenvalue weighted by Gasteiger charge is -2.38. The molecule has 4 aromatic rings. The van der Waals surface area contributed by atoms with Gasteiger partial charge in [0.2, 0.25) is 0 Å². The van der Waals surface area contributed by atoms with Crippen LogP contribution in [0, 0.1) is 11.7 Å². The minimum atomic E-state index is -0.907. The monoisotopic (exact) mass is 497 g/mol. The molecule has 0 radical (unpaired) electrons. The number of rotatable bonds is 9. The highest BCUT2D eigenvalue weighted by Gasteiger charge is 2.52. The van der Waals surface area contributed by atoms with Crippen molar-refractivity contribution in [2.45, 2.75) is 17.2 Å². The molecule has 5 rings (SSSR count). The van der Waals surface area contributed by atoms with Crippen molar-refractivity contribution in [3.05, 3.63) is 143 Å². The molecule has 0 aromatic heterocycles. The van der Waals surface area contributed by atoms with Crippen LogP contribution in [0.5, 0.6) is 0 Å². The first-order valence-electron chi connectivity index (χ1n) is 12.6. The second-order valence-electron chi connectivity index (χ2n) is 9.43. The summed E-state index contributed by atoms with van der Waals surface area (Å²) in [7, 11) is 1.78. The topological polar surface area (TPSA) is 50.7 Å².